The molecular formula is C17H15ClN2O. The third-order valence-electron chi connectivity index (χ3n) is 3.32. The molecule has 0 saturated heterocycles. The molecule has 0 amide bonds. The van der Waals surface area contributed by atoms with Gasteiger partial charge in [-0.15, -0.1) is 0 Å². The zero-order valence-electron chi connectivity index (χ0n) is 11.9. The van der Waals surface area contributed by atoms with Crippen molar-refractivity contribution < 1.29 is 4.74 Å². The summed E-state index contributed by atoms with van der Waals surface area (Å²) in [5.41, 5.74) is 9.31. The number of rotatable bonds is 2. The van der Waals surface area contributed by atoms with Crippen molar-refractivity contribution in [3.05, 3.63) is 58.6 Å². The highest BCUT2D eigenvalue weighted by atomic mass is 35.5. The topological polar surface area (TPSA) is 48.1 Å². The van der Waals surface area contributed by atoms with Gasteiger partial charge in [0.05, 0.1) is 5.52 Å². The second-order valence-corrected chi connectivity index (χ2v) is 5.45. The van der Waals surface area contributed by atoms with Gasteiger partial charge in [-0.25, -0.2) is 4.98 Å². The van der Waals surface area contributed by atoms with Crippen LogP contribution in [0.25, 0.3) is 10.9 Å². The Morgan fingerprint density at radius 2 is 1.71 bits per heavy atom. The average Bonchev–Trinajstić information content (AvgIpc) is 2.45. The Balaban J connectivity index is 1.96. The fourth-order valence-corrected chi connectivity index (χ4v) is 2.38. The summed E-state index contributed by atoms with van der Waals surface area (Å²) < 4.78 is 5.83. The number of aromatic nitrogens is 1. The first kappa shape index (κ1) is 13.7. The van der Waals surface area contributed by atoms with Gasteiger partial charge >= 0.3 is 0 Å². The Morgan fingerprint density at radius 1 is 1.00 bits per heavy atom. The Kier molecular flexibility index (Phi) is 3.43. The maximum absolute atomic E-state index is 6.16. The third-order valence-corrected chi connectivity index (χ3v) is 3.92. The predicted molar refractivity (Wildman–Crippen MR) is 87.2 cm³/mol. The van der Waals surface area contributed by atoms with Gasteiger partial charge in [0.2, 0.25) is 5.88 Å². The molecule has 2 aromatic carbocycles. The first-order valence-corrected chi connectivity index (χ1v) is 7.01. The summed E-state index contributed by atoms with van der Waals surface area (Å²) in [6, 6.07) is 13.2. The number of nitrogen functional groups attached to an aromatic ring is 1. The normalized spacial score (nSPS) is 10.8. The number of hydrogen-bond acceptors (Lipinski definition) is 3. The lowest BCUT2D eigenvalue weighted by molar-refractivity contribution is 0.464. The van der Waals surface area contributed by atoms with Gasteiger partial charge in [0.1, 0.15) is 5.75 Å². The highest BCUT2D eigenvalue weighted by molar-refractivity contribution is 6.32. The molecule has 0 aliphatic rings. The summed E-state index contributed by atoms with van der Waals surface area (Å²) in [5.74, 6) is 1.28. The number of nitrogens with zero attached hydrogens (tertiary/aromatic N) is 1. The lowest BCUT2D eigenvalue weighted by Crippen LogP contribution is -1.92. The van der Waals surface area contributed by atoms with Crippen molar-refractivity contribution in [2.24, 2.45) is 0 Å². The molecule has 0 bridgehead atoms. The highest BCUT2D eigenvalue weighted by Crippen LogP contribution is 2.29. The molecule has 1 aromatic heterocycles. The zero-order valence-corrected chi connectivity index (χ0v) is 12.6. The van der Waals surface area contributed by atoms with E-state index in [0.717, 1.165) is 38.5 Å². The molecule has 106 valence electrons. The Bertz CT molecular complexity index is 807. The van der Waals surface area contributed by atoms with Gasteiger partial charge < -0.3 is 10.5 Å². The van der Waals surface area contributed by atoms with E-state index in [2.05, 4.69) is 4.98 Å². The molecular weight excluding hydrogens is 284 g/mol. The Labute approximate surface area is 128 Å². The minimum absolute atomic E-state index is 0.549. The van der Waals surface area contributed by atoms with E-state index in [0.29, 0.717) is 5.88 Å². The fourth-order valence-electron chi connectivity index (χ4n) is 2.27. The number of nitrogens with two attached hydrogens (primary N) is 1. The molecule has 21 heavy (non-hydrogen) atoms. The van der Waals surface area contributed by atoms with Crippen LogP contribution in [0, 0.1) is 13.8 Å². The molecule has 4 heteroatoms. The molecule has 3 rings (SSSR count). The van der Waals surface area contributed by atoms with Gasteiger partial charge in [0.15, 0.2) is 0 Å². The van der Waals surface area contributed by atoms with E-state index >= 15 is 0 Å². The average molecular weight is 299 g/mol. The highest BCUT2D eigenvalue weighted by Gasteiger charge is 2.06. The lowest BCUT2D eigenvalue weighted by Gasteiger charge is -2.09. The molecule has 0 fully saturated rings. The standard InChI is InChI=1S/C17H15ClN2O/c1-10-7-14(8-11(2)17(10)18)21-16-6-3-12-9-13(19)4-5-15(12)20-16/h3-9H,19H2,1-2H3. The molecule has 3 nitrogen and oxygen atoms in total. The molecule has 2 N–H and O–H groups in total. The van der Waals surface area contributed by atoms with E-state index in [9.17, 15) is 0 Å². The summed E-state index contributed by atoms with van der Waals surface area (Å²) in [7, 11) is 0. The minimum atomic E-state index is 0.549. The first-order chi connectivity index (χ1) is 10.0. The monoisotopic (exact) mass is 298 g/mol. The zero-order chi connectivity index (χ0) is 15.0. The van der Waals surface area contributed by atoms with Crippen LogP contribution in [0.5, 0.6) is 11.6 Å². The largest absolute Gasteiger partial charge is 0.439 e. The van der Waals surface area contributed by atoms with Crippen molar-refractivity contribution in [2.45, 2.75) is 13.8 Å². The van der Waals surface area contributed by atoms with Crippen LogP contribution < -0.4 is 10.5 Å². The van der Waals surface area contributed by atoms with Crippen LogP contribution >= 0.6 is 11.6 Å². The summed E-state index contributed by atoms with van der Waals surface area (Å²) in [6.07, 6.45) is 0. The molecule has 0 saturated carbocycles. The van der Waals surface area contributed by atoms with E-state index in [4.69, 9.17) is 22.1 Å². The van der Waals surface area contributed by atoms with Crippen LogP contribution in [0.1, 0.15) is 11.1 Å². The third kappa shape index (κ3) is 2.78. The van der Waals surface area contributed by atoms with Gasteiger partial charge in [-0.2, -0.15) is 0 Å². The van der Waals surface area contributed by atoms with Crippen LogP contribution in [0.15, 0.2) is 42.5 Å². The number of fused-ring (bicyclic) bond motifs is 1. The van der Waals surface area contributed by atoms with Gasteiger partial charge in [0.25, 0.3) is 0 Å². The van der Waals surface area contributed by atoms with Crippen LogP contribution in [-0.4, -0.2) is 4.98 Å². The summed E-state index contributed by atoms with van der Waals surface area (Å²) in [5, 5.41) is 1.76. The van der Waals surface area contributed by atoms with Crippen LogP contribution in [0.3, 0.4) is 0 Å². The second kappa shape index (κ2) is 5.26. The number of halogens is 1. The van der Waals surface area contributed by atoms with E-state index in [-0.39, 0.29) is 0 Å². The Hall–Kier alpha value is -2.26. The maximum Gasteiger partial charge on any atom is 0.219 e. The second-order valence-electron chi connectivity index (χ2n) is 5.07. The van der Waals surface area contributed by atoms with Gasteiger partial charge in [0, 0.05) is 22.2 Å². The van der Waals surface area contributed by atoms with E-state index < -0.39 is 0 Å². The fraction of sp³-hybridized carbons (Fsp3) is 0.118. The molecule has 0 atom stereocenters. The molecule has 0 radical (unpaired) electrons. The lowest BCUT2D eigenvalue weighted by atomic mass is 10.1. The minimum Gasteiger partial charge on any atom is -0.439 e. The van der Waals surface area contributed by atoms with E-state index in [1.54, 1.807) is 0 Å². The Morgan fingerprint density at radius 3 is 2.43 bits per heavy atom. The van der Waals surface area contributed by atoms with Crippen molar-refractivity contribution in [3.8, 4) is 11.6 Å². The van der Waals surface area contributed by atoms with E-state index in [1.165, 1.54) is 0 Å². The van der Waals surface area contributed by atoms with Crippen molar-refractivity contribution in [2.75, 3.05) is 5.73 Å². The van der Waals surface area contributed by atoms with Crippen molar-refractivity contribution in [3.63, 3.8) is 0 Å². The number of benzene rings is 2. The van der Waals surface area contributed by atoms with Crippen molar-refractivity contribution in [1.82, 2.24) is 4.98 Å². The van der Waals surface area contributed by atoms with Crippen LogP contribution in [0.2, 0.25) is 5.02 Å². The predicted octanol–water partition coefficient (Wildman–Crippen LogP) is 4.88. The molecule has 3 aromatic rings. The molecule has 1 heterocycles. The molecule has 0 spiro atoms. The summed E-state index contributed by atoms with van der Waals surface area (Å²) in [6.45, 7) is 3.91. The number of ether oxygens (including phenoxy) is 1. The van der Waals surface area contributed by atoms with E-state index in [1.807, 2.05) is 56.3 Å². The molecule has 0 aliphatic heterocycles. The van der Waals surface area contributed by atoms with Crippen LogP contribution in [0.4, 0.5) is 5.69 Å². The summed E-state index contributed by atoms with van der Waals surface area (Å²) in [4.78, 5) is 4.48. The number of pyridine rings is 1. The molecule has 0 unspecified atom stereocenters. The van der Waals surface area contributed by atoms with Gasteiger partial charge in [-0.05, 0) is 61.4 Å². The maximum atomic E-state index is 6.16. The quantitative estimate of drug-likeness (QED) is 0.686. The van der Waals surface area contributed by atoms with Gasteiger partial charge in [-0.1, -0.05) is 11.6 Å². The van der Waals surface area contributed by atoms with Crippen LogP contribution in [-0.2, 0) is 0 Å². The number of hydrogen-bond donors (Lipinski definition) is 1. The van der Waals surface area contributed by atoms with Crippen molar-refractivity contribution >= 4 is 28.2 Å². The SMILES string of the molecule is Cc1cc(Oc2ccc3cc(N)ccc3n2)cc(C)c1Cl. The number of aryl methyl sites for hydroxylation is 2. The smallest absolute Gasteiger partial charge is 0.219 e. The molecule has 0 aliphatic carbocycles. The first-order valence-electron chi connectivity index (χ1n) is 6.64. The summed E-state index contributed by atoms with van der Waals surface area (Å²) >= 11 is 6.16. The number of anilines is 1. The van der Waals surface area contributed by atoms with Crippen molar-refractivity contribution in [1.29, 1.82) is 0 Å². The van der Waals surface area contributed by atoms with Gasteiger partial charge in [-0.3, -0.25) is 0 Å².